The lowest BCUT2D eigenvalue weighted by Gasteiger charge is -2.06. The van der Waals surface area contributed by atoms with Gasteiger partial charge in [0.2, 0.25) is 0 Å². The third-order valence-corrected chi connectivity index (χ3v) is 2.53. The van der Waals surface area contributed by atoms with Crippen molar-refractivity contribution in [1.82, 2.24) is 9.78 Å². The van der Waals surface area contributed by atoms with Crippen molar-refractivity contribution in [2.24, 2.45) is 0 Å². The maximum absolute atomic E-state index is 11.9. The zero-order valence-electron chi connectivity index (χ0n) is 9.70. The van der Waals surface area contributed by atoms with Crippen LogP contribution in [0, 0.1) is 0 Å². The van der Waals surface area contributed by atoms with Crippen LogP contribution in [0.15, 0.2) is 6.20 Å². The Hall–Kier alpha value is -1.03. The Morgan fingerprint density at radius 1 is 1.62 bits per heavy atom. The highest BCUT2D eigenvalue weighted by molar-refractivity contribution is 6.18. The lowest BCUT2D eigenvalue weighted by Crippen LogP contribution is -2.11. The minimum Gasteiger partial charge on any atom is -0.493 e. The summed E-state index contributed by atoms with van der Waals surface area (Å²) in [4.78, 5) is 11.9. The van der Waals surface area contributed by atoms with Gasteiger partial charge in [0.05, 0.1) is 13.3 Å². The molecule has 0 bridgehead atoms. The minimum absolute atomic E-state index is 0.0449. The number of carbonyl (C=O) groups is 1. The fraction of sp³-hybridized carbons (Fsp3) is 0.636. The van der Waals surface area contributed by atoms with Gasteiger partial charge < -0.3 is 4.74 Å². The van der Waals surface area contributed by atoms with Crippen LogP contribution in [0.3, 0.4) is 0 Å². The Balaban J connectivity index is 2.88. The highest BCUT2D eigenvalue weighted by Gasteiger charge is 2.18. The van der Waals surface area contributed by atoms with Gasteiger partial charge in [-0.05, 0) is 12.8 Å². The van der Waals surface area contributed by atoms with E-state index in [1.807, 2.05) is 6.92 Å². The standard InChI is InChI=1S/C11H17ClN2O2/c1-3-7-14-11(9(15)5-4-6-12)10(16-2)8-13-14/h8H,3-7H2,1-2H3. The van der Waals surface area contributed by atoms with E-state index in [-0.39, 0.29) is 5.78 Å². The van der Waals surface area contributed by atoms with E-state index in [1.165, 1.54) is 0 Å². The number of methoxy groups -OCH3 is 1. The first-order chi connectivity index (χ1) is 7.74. The number of rotatable bonds is 7. The Kier molecular flexibility index (Phi) is 5.32. The molecule has 1 aromatic heterocycles. The SMILES string of the molecule is CCCn1ncc(OC)c1C(=O)CCCCl. The van der Waals surface area contributed by atoms with Crippen LogP contribution < -0.4 is 4.74 Å². The van der Waals surface area contributed by atoms with Crippen LogP contribution in [-0.4, -0.2) is 28.6 Å². The average Bonchev–Trinajstić information content (AvgIpc) is 2.69. The summed E-state index contributed by atoms with van der Waals surface area (Å²) in [5.41, 5.74) is 0.564. The lowest BCUT2D eigenvalue weighted by molar-refractivity contribution is 0.0968. The number of hydrogen-bond donors (Lipinski definition) is 0. The molecule has 0 fully saturated rings. The quantitative estimate of drug-likeness (QED) is 0.547. The number of aromatic nitrogens is 2. The summed E-state index contributed by atoms with van der Waals surface area (Å²) in [6.07, 6.45) is 3.64. The van der Waals surface area contributed by atoms with E-state index in [0.717, 1.165) is 13.0 Å². The molecule has 0 spiro atoms. The first kappa shape index (κ1) is 13.0. The first-order valence-corrected chi connectivity index (χ1v) is 5.97. The van der Waals surface area contributed by atoms with E-state index in [0.29, 0.717) is 30.2 Å². The fourth-order valence-corrected chi connectivity index (χ4v) is 1.66. The van der Waals surface area contributed by atoms with Gasteiger partial charge >= 0.3 is 0 Å². The molecule has 0 aromatic carbocycles. The largest absolute Gasteiger partial charge is 0.493 e. The van der Waals surface area contributed by atoms with Gasteiger partial charge in [-0.2, -0.15) is 5.10 Å². The van der Waals surface area contributed by atoms with Crippen LogP contribution >= 0.6 is 11.6 Å². The van der Waals surface area contributed by atoms with Crippen LogP contribution in [0.25, 0.3) is 0 Å². The third kappa shape index (κ3) is 2.98. The van der Waals surface area contributed by atoms with Gasteiger partial charge in [0.15, 0.2) is 11.5 Å². The maximum Gasteiger partial charge on any atom is 0.184 e. The number of ketones is 1. The smallest absolute Gasteiger partial charge is 0.184 e. The van der Waals surface area contributed by atoms with Crippen LogP contribution in [0.4, 0.5) is 0 Å². The predicted molar refractivity (Wildman–Crippen MR) is 63.4 cm³/mol. The molecular formula is C11H17ClN2O2. The maximum atomic E-state index is 11.9. The Labute approximate surface area is 101 Å². The summed E-state index contributed by atoms with van der Waals surface area (Å²) in [5.74, 6) is 1.09. The lowest BCUT2D eigenvalue weighted by atomic mass is 10.1. The summed E-state index contributed by atoms with van der Waals surface area (Å²) in [5, 5.41) is 4.14. The van der Waals surface area contributed by atoms with Crippen LogP contribution in [0.1, 0.15) is 36.7 Å². The normalized spacial score (nSPS) is 10.4. The summed E-state index contributed by atoms with van der Waals surface area (Å²) >= 11 is 5.58. The number of Topliss-reactive ketones (excluding diaryl/α,β-unsaturated/α-hetero) is 1. The molecule has 90 valence electrons. The summed E-state index contributed by atoms with van der Waals surface area (Å²) in [6.45, 7) is 2.77. The predicted octanol–water partition coefficient (Wildman–Crippen LogP) is 2.50. The zero-order chi connectivity index (χ0) is 12.0. The molecule has 4 nitrogen and oxygen atoms in total. The van der Waals surface area contributed by atoms with Crippen molar-refractivity contribution in [2.75, 3.05) is 13.0 Å². The summed E-state index contributed by atoms with van der Waals surface area (Å²) < 4.78 is 6.84. The molecule has 0 aliphatic heterocycles. The van der Waals surface area contributed by atoms with Gasteiger partial charge in [0.25, 0.3) is 0 Å². The zero-order valence-corrected chi connectivity index (χ0v) is 10.5. The summed E-state index contributed by atoms with van der Waals surface area (Å²) in [6, 6.07) is 0. The molecular weight excluding hydrogens is 228 g/mol. The number of aryl methyl sites for hydroxylation is 1. The van der Waals surface area contributed by atoms with Crippen molar-refractivity contribution in [2.45, 2.75) is 32.7 Å². The van der Waals surface area contributed by atoms with Gasteiger partial charge in [0, 0.05) is 18.8 Å². The Morgan fingerprint density at radius 2 is 2.38 bits per heavy atom. The highest BCUT2D eigenvalue weighted by atomic mass is 35.5. The second-order valence-electron chi connectivity index (χ2n) is 3.50. The van der Waals surface area contributed by atoms with E-state index in [4.69, 9.17) is 16.3 Å². The molecule has 16 heavy (non-hydrogen) atoms. The van der Waals surface area contributed by atoms with Crippen molar-refractivity contribution in [3.63, 3.8) is 0 Å². The molecule has 0 radical (unpaired) electrons. The van der Waals surface area contributed by atoms with E-state index in [1.54, 1.807) is 18.0 Å². The number of halogens is 1. The van der Waals surface area contributed by atoms with E-state index in [9.17, 15) is 4.79 Å². The Bertz CT molecular complexity index is 350. The van der Waals surface area contributed by atoms with Crippen molar-refractivity contribution in [1.29, 1.82) is 0 Å². The molecule has 0 N–H and O–H groups in total. The van der Waals surface area contributed by atoms with Gasteiger partial charge in [-0.15, -0.1) is 11.6 Å². The third-order valence-electron chi connectivity index (χ3n) is 2.26. The minimum atomic E-state index is 0.0449. The second kappa shape index (κ2) is 6.53. The molecule has 0 unspecified atom stereocenters. The topological polar surface area (TPSA) is 44.1 Å². The number of nitrogens with zero attached hydrogens (tertiary/aromatic N) is 2. The first-order valence-electron chi connectivity index (χ1n) is 5.43. The van der Waals surface area contributed by atoms with Crippen LogP contribution in [-0.2, 0) is 6.54 Å². The number of ether oxygens (including phenoxy) is 1. The van der Waals surface area contributed by atoms with Crippen molar-refractivity contribution >= 4 is 17.4 Å². The fourth-order valence-electron chi connectivity index (χ4n) is 1.53. The van der Waals surface area contributed by atoms with E-state index in [2.05, 4.69) is 5.10 Å². The van der Waals surface area contributed by atoms with Crippen LogP contribution in [0.5, 0.6) is 5.75 Å². The number of carbonyl (C=O) groups excluding carboxylic acids is 1. The van der Waals surface area contributed by atoms with Crippen molar-refractivity contribution in [3.8, 4) is 5.75 Å². The van der Waals surface area contributed by atoms with Gasteiger partial charge in [0.1, 0.15) is 5.69 Å². The molecule has 0 aliphatic rings. The van der Waals surface area contributed by atoms with Crippen molar-refractivity contribution < 1.29 is 9.53 Å². The molecule has 0 saturated heterocycles. The van der Waals surface area contributed by atoms with E-state index < -0.39 is 0 Å². The monoisotopic (exact) mass is 244 g/mol. The van der Waals surface area contributed by atoms with Gasteiger partial charge in [-0.25, -0.2) is 0 Å². The molecule has 0 aliphatic carbocycles. The molecule has 1 rings (SSSR count). The molecule has 0 saturated carbocycles. The average molecular weight is 245 g/mol. The molecule has 0 atom stereocenters. The second-order valence-corrected chi connectivity index (χ2v) is 3.88. The van der Waals surface area contributed by atoms with Gasteiger partial charge in [-0.1, -0.05) is 6.92 Å². The molecule has 1 aromatic rings. The van der Waals surface area contributed by atoms with Gasteiger partial charge in [-0.3, -0.25) is 9.48 Å². The number of alkyl halides is 1. The van der Waals surface area contributed by atoms with Crippen molar-refractivity contribution in [3.05, 3.63) is 11.9 Å². The van der Waals surface area contributed by atoms with E-state index >= 15 is 0 Å². The Morgan fingerprint density at radius 3 is 2.94 bits per heavy atom. The van der Waals surface area contributed by atoms with Crippen LogP contribution in [0.2, 0.25) is 0 Å². The summed E-state index contributed by atoms with van der Waals surface area (Å²) in [7, 11) is 1.55. The number of hydrogen-bond acceptors (Lipinski definition) is 3. The highest BCUT2D eigenvalue weighted by Crippen LogP contribution is 2.20. The molecule has 0 amide bonds. The molecule has 5 heteroatoms. The molecule has 1 heterocycles.